The molecule has 2 N–H and O–H groups in total. The Kier molecular flexibility index (Phi) is 5.67. The van der Waals surface area contributed by atoms with Gasteiger partial charge in [-0.25, -0.2) is 13.2 Å². The van der Waals surface area contributed by atoms with Crippen LogP contribution in [-0.2, 0) is 10.0 Å². The number of alkyl halides is 3. The van der Waals surface area contributed by atoms with Gasteiger partial charge in [0, 0.05) is 0 Å². The Hall–Kier alpha value is -2.46. The Morgan fingerprint density at radius 1 is 1.19 bits per heavy atom. The highest BCUT2D eigenvalue weighted by atomic mass is 35.5. The fourth-order valence-corrected chi connectivity index (χ4v) is 3.17. The lowest BCUT2D eigenvalue weighted by atomic mass is 10.2. The van der Waals surface area contributed by atoms with E-state index in [9.17, 15) is 26.4 Å². The molecule has 0 saturated carbocycles. The highest BCUT2D eigenvalue weighted by Gasteiger charge is 2.29. The molecule has 0 spiro atoms. The van der Waals surface area contributed by atoms with Gasteiger partial charge in [-0.3, -0.25) is 4.72 Å². The van der Waals surface area contributed by atoms with Crippen LogP contribution in [0.25, 0.3) is 0 Å². The van der Waals surface area contributed by atoms with Crippen molar-refractivity contribution in [3.63, 3.8) is 0 Å². The van der Waals surface area contributed by atoms with E-state index in [1.165, 1.54) is 18.2 Å². The SMILES string of the molecule is O=C(O)c1cc(S(=O)(=O)Nc2ccccc2OCC(F)(F)F)ccc1Cl. The molecule has 0 aromatic heterocycles. The van der Waals surface area contributed by atoms with Crippen molar-refractivity contribution in [3.05, 3.63) is 53.1 Å². The molecular weight excluding hydrogens is 399 g/mol. The first-order valence-electron chi connectivity index (χ1n) is 6.84. The predicted octanol–water partition coefficient (Wildman–Crippen LogP) is 3.78. The molecular formula is C15H11ClF3NO5S. The van der Waals surface area contributed by atoms with Crippen molar-refractivity contribution < 1.29 is 36.2 Å². The van der Waals surface area contributed by atoms with E-state index in [0.717, 1.165) is 24.3 Å². The summed E-state index contributed by atoms with van der Waals surface area (Å²) in [6.45, 7) is -1.60. The maximum absolute atomic E-state index is 12.4. The van der Waals surface area contributed by atoms with Crippen molar-refractivity contribution in [1.29, 1.82) is 0 Å². The average Bonchev–Trinajstić information content (AvgIpc) is 2.53. The third-order valence-corrected chi connectivity index (χ3v) is 4.69. The lowest BCUT2D eigenvalue weighted by molar-refractivity contribution is -0.153. The molecule has 0 unspecified atom stereocenters. The van der Waals surface area contributed by atoms with Crippen molar-refractivity contribution in [2.24, 2.45) is 0 Å². The summed E-state index contributed by atoms with van der Waals surface area (Å²) in [7, 11) is -4.30. The molecule has 0 amide bonds. The number of halogens is 4. The number of carbonyl (C=O) groups is 1. The van der Waals surface area contributed by atoms with E-state index < -0.39 is 39.2 Å². The molecule has 6 nitrogen and oxygen atoms in total. The van der Waals surface area contributed by atoms with Crippen molar-refractivity contribution in [3.8, 4) is 5.75 Å². The van der Waals surface area contributed by atoms with Crippen LogP contribution in [-0.4, -0.2) is 32.3 Å². The zero-order valence-corrected chi connectivity index (χ0v) is 14.3. The first-order chi connectivity index (χ1) is 12.0. The Morgan fingerprint density at radius 3 is 2.46 bits per heavy atom. The van der Waals surface area contributed by atoms with Crippen LogP contribution in [0.1, 0.15) is 10.4 Å². The van der Waals surface area contributed by atoms with Gasteiger partial charge in [0.05, 0.1) is 21.2 Å². The first kappa shape index (κ1) is 19.9. The third-order valence-electron chi connectivity index (χ3n) is 3.00. The van der Waals surface area contributed by atoms with Gasteiger partial charge in [0.1, 0.15) is 5.75 Å². The summed E-state index contributed by atoms with van der Waals surface area (Å²) in [6.07, 6.45) is -4.60. The maximum atomic E-state index is 12.4. The van der Waals surface area contributed by atoms with E-state index in [4.69, 9.17) is 16.7 Å². The molecule has 2 aromatic rings. The summed E-state index contributed by atoms with van der Waals surface area (Å²) in [5, 5.41) is 8.85. The fourth-order valence-electron chi connectivity index (χ4n) is 1.88. The Morgan fingerprint density at radius 2 is 1.85 bits per heavy atom. The number of rotatable bonds is 6. The highest BCUT2D eigenvalue weighted by Crippen LogP contribution is 2.29. The normalized spacial score (nSPS) is 11.8. The maximum Gasteiger partial charge on any atom is 0.422 e. The van der Waals surface area contributed by atoms with Crippen LogP contribution >= 0.6 is 11.6 Å². The number of hydrogen-bond donors (Lipinski definition) is 2. The summed E-state index contributed by atoms with van der Waals surface area (Å²) >= 11 is 5.69. The zero-order chi connectivity index (χ0) is 19.5. The number of nitrogens with one attached hydrogen (secondary N) is 1. The van der Waals surface area contributed by atoms with Gasteiger partial charge in [0.15, 0.2) is 6.61 Å². The minimum atomic E-state index is -4.60. The fraction of sp³-hybridized carbons (Fsp3) is 0.133. The molecule has 0 fully saturated rings. The van der Waals surface area contributed by atoms with E-state index in [0.29, 0.717) is 0 Å². The van der Waals surface area contributed by atoms with E-state index in [-0.39, 0.29) is 16.5 Å². The molecule has 26 heavy (non-hydrogen) atoms. The van der Waals surface area contributed by atoms with Crippen molar-refractivity contribution in [2.45, 2.75) is 11.1 Å². The van der Waals surface area contributed by atoms with Gasteiger partial charge in [0.25, 0.3) is 10.0 Å². The smallest absolute Gasteiger partial charge is 0.422 e. The van der Waals surface area contributed by atoms with Crippen LogP contribution in [0.5, 0.6) is 5.75 Å². The second-order valence-corrected chi connectivity index (χ2v) is 7.04. The molecule has 0 bridgehead atoms. The van der Waals surface area contributed by atoms with Crippen LogP contribution in [0.3, 0.4) is 0 Å². The van der Waals surface area contributed by atoms with Gasteiger partial charge >= 0.3 is 12.1 Å². The van der Waals surface area contributed by atoms with Crippen molar-refractivity contribution in [2.75, 3.05) is 11.3 Å². The number of carboxylic acid groups (broad SMARTS) is 1. The second kappa shape index (κ2) is 7.42. The minimum Gasteiger partial charge on any atom is -0.482 e. The molecule has 0 aliphatic carbocycles. The van der Waals surface area contributed by atoms with Crippen molar-refractivity contribution in [1.82, 2.24) is 0 Å². The van der Waals surface area contributed by atoms with Gasteiger partial charge in [-0.05, 0) is 30.3 Å². The number of hydrogen-bond acceptors (Lipinski definition) is 4. The Bertz CT molecular complexity index is 931. The van der Waals surface area contributed by atoms with Gasteiger partial charge in [-0.1, -0.05) is 23.7 Å². The van der Waals surface area contributed by atoms with Crippen LogP contribution < -0.4 is 9.46 Å². The summed E-state index contributed by atoms with van der Waals surface area (Å²) < 4.78 is 68.4. The monoisotopic (exact) mass is 409 g/mol. The van der Waals surface area contributed by atoms with E-state index in [1.54, 1.807) is 0 Å². The van der Waals surface area contributed by atoms with Crippen LogP contribution in [0.15, 0.2) is 47.4 Å². The second-order valence-electron chi connectivity index (χ2n) is 4.95. The third kappa shape index (κ3) is 5.02. The number of carboxylic acids is 1. The topological polar surface area (TPSA) is 92.7 Å². The molecule has 0 saturated heterocycles. The molecule has 0 aliphatic heterocycles. The predicted molar refractivity (Wildman–Crippen MR) is 87.2 cm³/mol. The number of aromatic carboxylic acids is 1. The molecule has 0 atom stereocenters. The van der Waals surface area contributed by atoms with Crippen molar-refractivity contribution >= 4 is 33.3 Å². The van der Waals surface area contributed by atoms with Gasteiger partial charge < -0.3 is 9.84 Å². The highest BCUT2D eigenvalue weighted by molar-refractivity contribution is 7.92. The number of anilines is 1. The van der Waals surface area contributed by atoms with E-state index in [1.807, 2.05) is 0 Å². The molecule has 140 valence electrons. The van der Waals surface area contributed by atoms with Gasteiger partial charge in [0.2, 0.25) is 0 Å². The summed E-state index contributed by atoms with van der Waals surface area (Å²) in [5.41, 5.74) is -0.667. The number of sulfonamides is 1. The van der Waals surface area contributed by atoms with Gasteiger partial charge in [-0.15, -0.1) is 0 Å². The summed E-state index contributed by atoms with van der Waals surface area (Å²) in [6, 6.07) is 8.12. The van der Waals surface area contributed by atoms with Crippen LogP contribution in [0, 0.1) is 0 Å². The van der Waals surface area contributed by atoms with E-state index in [2.05, 4.69) is 9.46 Å². The molecule has 2 aromatic carbocycles. The molecule has 11 heteroatoms. The van der Waals surface area contributed by atoms with Crippen LogP contribution in [0.2, 0.25) is 5.02 Å². The minimum absolute atomic E-state index is 0.162. The lowest BCUT2D eigenvalue weighted by Crippen LogP contribution is -2.20. The van der Waals surface area contributed by atoms with Gasteiger partial charge in [-0.2, -0.15) is 13.2 Å². The standard InChI is InChI=1S/C15H11ClF3NO5S/c16-11-6-5-9(7-10(11)14(21)22)26(23,24)20-12-3-1-2-4-13(12)25-8-15(17,18)19/h1-7,20H,8H2,(H,21,22). The lowest BCUT2D eigenvalue weighted by Gasteiger charge is -2.15. The largest absolute Gasteiger partial charge is 0.482 e. The Labute approximate surface area is 151 Å². The van der Waals surface area contributed by atoms with Crippen LogP contribution in [0.4, 0.5) is 18.9 Å². The zero-order valence-electron chi connectivity index (χ0n) is 12.7. The quantitative estimate of drug-likeness (QED) is 0.757. The first-order valence-corrected chi connectivity index (χ1v) is 8.70. The molecule has 0 radical (unpaired) electrons. The summed E-state index contributed by atoms with van der Waals surface area (Å²) in [4.78, 5) is 10.6. The number of para-hydroxylation sites is 2. The molecule has 0 aliphatic rings. The molecule has 2 rings (SSSR count). The average molecular weight is 410 g/mol. The molecule has 0 heterocycles. The van der Waals surface area contributed by atoms with E-state index >= 15 is 0 Å². The Balaban J connectivity index is 2.33. The number of benzene rings is 2. The number of ether oxygens (including phenoxy) is 1. The summed E-state index contributed by atoms with van der Waals surface area (Å²) in [5.74, 6) is -1.76.